The summed E-state index contributed by atoms with van der Waals surface area (Å²) in [6.07, 6.45) is -3.30. The van der Waals surface area contributed by atoms with Crippen LogP contribution in [0.4, 0.5) is 13.2 Å². The van der Waals surface area contributed by atoms with Crippen LogP contribution in [0.15, 0.2) is 12.3 Å². The molecule has 14 heavy (non-hydrogen) atoms. The Balaban J connectivity index is 3.15. The quantitative estimate of drug-likeness (QED) is 0.782. The van der Waals surface area contributed by atoms with Crippen molar-refractivity contribution >= 4 is 22.6 Å². The fourth-order valence-electron chi connectivity index (χ4n) is 0.899. The molecule has 0 aromatic carbocycles. The lowest BCUT2D eigenvalue weighted by Gasteiger charge is -2.11. The number of rotatable bonds is 2. The van der Waals surface area contributed by atoms with Crippen LogP contribution in [-0.2, 0) is 6.18 Å². The molecule has 78 valence electrons. The van der Waals surface area contributed by atoms with Gasteiger partial charge >= 0.3 is 6.18 Å². The van der Waals surface area contributed by atoms with Gasteiger partial charge in [-0.15, -0.1) is 0 Å². The first-order chi connectivity index (χ1) is 6.45. The van der Waals surface area contributed by atoms with E-state index in [1.165, 1.54) is 6.07 Å². The van der Waals surface area contributed by atoms with E-state index in [0.717, 1.165) is 6.20 Å². The van der Waals surface area contributed by atoms with Crippen LogP contribution in [0.25, 0.3) is 0 Å². The minimum atomic E-state index is -4.46. The minimum Gasteiger partial charge on any atom is -0.492 e. The SMILES string of the molecule is CCOc1cc(I)cnc1C(F)(F)F. The van der Waals surface area contributed by atoms with Crippen LogP contribution in [0.2, 0.25) is 0 Å². The van der Waals surface area contributed by atoms with E-state index in [4.69, 9.17) is 4.74 Å². The molecule has 0 saturated heterocycles. The van der Waals surface area contributed by atoms with Gasteiger partial charge in [-0.1, -0.05) is 0 Å². The topological polar surface area (TPSA) is 22.1 Å². The van der Waals surface area contributed by atoms with Crippen LogP contribution in [0.1, 0.15) is 12.6 Å². The molecule has 0 aliphatic rings. The van der Waals surface area contributed by atoms with Gasteiger partial charge in [0.2, 0.25) is 0 Å². The van der Waals surface area contributed by atoms with E-state index in [0.29, 0.717) is 3.57 Å². The van der Waals surface area contributed by atoms with Crippen LogP contribution in [0.3, 0.4) is 0 Å². The normalized spacial score (nSPS) is 11.5. The molecular weight excluding hydrogens is 310 g/mol. The number of ether oxygens (including phenoxy) is 1. The molecule has 0 fully saturated rings. The van der Waals surface area contributed by atoms with E-state index in [1.807, 2.05) is 22.6 Å². The summed E-state index contributed by atoms with van der Waals surface area (Å²) in [5.41, 5.74) is -0.972. The fraction of sp³-hybridized carbons (Fsp3) is 0.375. The summed E-state index contributed by atoms with van der Waals surface area (Å²) in [6.45, 7) is 1.81. The molecular formula is C8H7F3INO. The smallest absolute Gasteiger partial charge is 0.437 e. The second-order valence-electron chi connectivity index (χ2n) is 2.43. The van der Waals surface area contributed by atoms with Gasteiger partial charge in [-0.25, -0.2) is 4.98 Å². The lowest BCUT2D eigenvalue weighted by Crippen LogP contribution is -2.11. The van der Waals surface area contributed by atoms with Gasteiger partial charge in [0.25, 0.3) is 0 Å². The predicted octanol–water partition coefficient (Wildman–Crippen LogP) is 3.10. The molecule has 1 aromatic heterocycles. The highest BCUT2D eigenvalue weighted by Gasteiger charge is 2.36. The fourth-order valence-corrected chi connectivity index (χ4v) is 1.32. The highest BCUT2D eigenvalue weighted by atomic mass is 127. The van der Waals surface area contributed by atoms with Crippen molar-refractivity contribution in [2.24, 2.45) is 0 Å². The molecule has 1 aromatic rings. The summed E-state index contributed by atoms with van der Waals surface area (Å²) in [7, 11) is 0. The number of halogens is 4. The molecule has 1 rings (SSSR count). The summed E-state index contributed by atoms with van der Waals surface area (Å²) in [5, 5.41) is 0. The third-order valence-corrected chi connectivity index (χ3v) is 1.98. The monoisotopic (exact) mass is 317 g/mol. The van der Waals surface area contributed by atoms with E-state index in [-0.39, 0.29) is 12.4 Å². The number of nitrogens with zero attached hydrogens (tertiary/aromatic N) is 1. The lowest BCUT2D eigenvalue weighted by atomic mass is 10.3. The van der Waals surface area contributed by atoms with Crippen LogP contribution in [0.5, 0.6) is 5.75 Å². The minimum absolute atomic E-state index is 0.185. The molecule has 1 heterocycles. The Labute approximate surface area is 92.6 Å². The van der Waals surface area contributed by atoms with Gasteiger partial charge in [-0.05, 0) is 35.6 Å². The lowest BCUT2D eigenvalue weighted by molar-refractivity contribution is -0.142. The molecule has 0 bridgehead atoms. The molecule has 0 spiro atoms. The Morgan fingerprint density at radius 2 is 2.14 bits per heavy atom. The van der Waals surface area contributed by atoms with Crippen LogP contribution in [-0.4, -0.2) is 11.6 Å². The highest BCUT2D eigenvalue weighted by Crippen LogP contribution is 2.34. The number of alkyl halides is 3. The maximum atomic E-state index is 12.4. The van der Waals surface area contributed by atoms with E-state index in [1.54, 1.807) is 6.92 Å². The van der Waals surface area contributed by atoms with Crippen molar-refractivity contribution < 1.29 is 17.9 Å². The summed E-state index contributed by atoms with van der Waals surface area (Å²) < 4.78 is 42.5. The van der Waals surface area contributed by atoms with Crippen LogP contribution < -0.4 is 4.74 Å². The van der Waals surface area contributed by atoms with E-state index in [2.05, 4.69) is 4.98 Å². The molecule has 0 aliphatic carbocycles. The first-order valence-corrected chi connectivity index (χ1v) is 4.88. The molecule has 0 N–H and O–H groups in total. The summed E-state index contributed by atoms with van der Waals surface area (Å²) >= 11 is 1.88. The zero-order chi connectivity index (χ0) is 10.8. The molecule has 0 unspecified atom stereocenters. The Bertz CT molecular complexity index is 327. The number of aromatic nitrogens is 1. The van der Waals surface area contributed by atoms with Gasteiger partial charge in [0.1, 0.15) is 0 Å². The third kappa shape index (κ3) is 2.73. The largest absolute Gasteiger partial charge is 0.492 e. The van der Waals surface area contributed by atoms with E-state index in [9.17, 15) is 13.2 Å². The van der Waals surface area contributed by atoms with Crippen molar-refractivity contribution in [1.29, 1.82) is 0 Å². The second kappa shape index (κ2) is 4.33. The molecule has 0 aliphatic heterocycles. The van der Waals surface area contributed by atoms with Crippen molar-refractivity contribution in [1.82, 2.24) is 4.98 Å². The summed E-state index contributed by atoms with van der Waals surface area (Å²) in [4.78, 5) is 3.31. The highest BCUT2D eigenvalue weighted by molar-refractivity contribution is 14.1. The van der Waals surface area contributed by atoms with Crippen molar-refractivity contribution in [3.63, 3.8) is 0 Å². The average molecular weight is 317 g/mol. The molecule has 0 amide bonds. The number of hydrogen-bond acceptors (Lipinski definition) is 2. The van der Waals surface area contributed by atoms with Gasteiger partial charge in [0.05, 0.1) is 6.61 Å². The van der Waals surface area contributed by atoms with Gasteiger partial charge in [0, 0.05) is 9.77 Å². The molecule has 2 nitrogen and oxygen atoms in total. The van der Waals surface area contributed by atoms with Gasteiger partial charge in [-0.3, -0.25) is 0 Å². The van der Waals surface area contributed by atoms with Crippen LogP contribution >= 0.6 is 22.6 Å². The Morgan fingerprint density at radius 1 is 1.50 bits per heavy atom. The van der Waals surface area contributed by atoms with Crippen molar-refractivity contribution in [3.8, 4) is 5.75 Å². The first kappa shape index (κ1) is 11.5. The van der Waals surface area contributed by atoms with Gasteiger partial charge in [0.15, 0.2) is 11.4 Å². The molecule has 0 saturated carbocycles. The first-order valence-electron chi connectivity index (χ1n) is 3.80. The maximum absolute atomic E-state index is 12.4. The zero-order valence-corrected chi connectivity index (χ0v) is 9.39. The Kier molecular flexibility index (Phi) is 3.57. The Morgan fingerprint density at radius 3 is 2.64 bits per heavy atom. The summed E-state index contributed by atoms with van der Waals surface area (Å²) in [6, 6.07) is 1.32. The molecule has 0 radical (unpaired) electrons. The standard InChI is InChI=1S/C8H7F3INO/c1-2-14-6-3-5(12)4-13-7(6)8(9,10)11/h3-4H,2H2,1H3. The van der Waals surface area contributed by atoms with E-state index >= 15 is 0 Å². The number of pyridine rings is 1. The van der Waals surface area contributed by atoms with E-state index < -0.39 is 11.9 Å². The molecule has 0 atom stereocenters. The van der Waals surface area contributed by atoms with Crippen molar-refractivity contribution in [2.75, 3.05) is 6.61 Å². The maximum Gasteiger partial charge on any atom is 0.437 e. The van der Waals surface area contributed by atoms with Crippen molar-refractivity contribution in [3.05, 3.63) is 21.5 Å². The van der Waals surface area contributed by atoms with Crippen LogP contribution in [0, 0.1) is 3.57 Å². The average Bonchev–Trinajstić information content (AvgIpc) is 2.02. The third-order valence-electron chi connectivity index (χ3n) is 1.39. The zero-order valence-electron chi connectivity index (χ0n) is 7.23. The predicted molar refractivity (Wildman–Crippen MR) is 53.1 cm³/mol. The van der Waals surface area contributed by atoms with Gasteiger partial charge < -0.3 is 4.74 Å². The second-order valence-corrected chi connectivity index (χ2v) is 3.68. The Hall–Kier alpha value is -0.530. The number of hydrogen-bond donors (Lipinski definition) is 0. The summed E-state index contributed by atoms with van der Waals surface area (Å²) in [5.74, 6) is -0.216. The van der Waals surface area contributed by atoms with Crippen molar-refractivity contribution in [2.45, 2.75) is 13.1 Å². The van der Waals surface area contributed by atoms with Gasteiger partial charge in [-0.2, -0.15) is 13.2 Å². The molecule has 6 heteroatoms.